The van der Waals surface area contributed by atoms with E-state index in [1.54, 1.807) is 0 Å². The molecule has 3 unspecified atom stereocenters. The highest BCUT2D eigenvalue weighted by Crippen LogP contribution is 2.27. The summed E-state index contributed by atoms with van der Waals surface area (Å²) in [5.41, 5.74) is 10.9. The molecule has 3 amide bonds. The maximum absolute atomic E-state index is 11.9. The van der Waals surface area contributed by atoms with Gasteiger partial charge in [-0.2, -0.15) is 0 Å². The molecule has 0 saturated heterocycles. The van der Waals surface area contributed by atoms with Crippen LogP contribution in [0.15, 0.2) is 0 Å². The Balaban J connectivity index is 2.29. The van der Waals surface area contributed by atoms with E-state index in [9.17, 15) is 9.59 Å². The monoisotopic (exact) mass is 242 g/mol. The van der Waals surface area contributed by atoms with Gasteiger partial charge in [-0.05, 0) is 18.8 Å². The van der Waals surface area contributed by atoms with Gasteiger partial charge in [0.1, 0.15) is 0 Å². The Morgan fingerprint density at radius 1 is 1.24 bits per heavy atom. The van der Waals surface area contributed by atoms with E-state index in [0.29, 0.717) is 19.0 Å². The molecular formula is C11H22N4O2. The van der Waals surface area contributed by atoms with E-state index in [1.807, 2.05) is 0 Å². The first-order valence-electron chi connectivity index (χ1n) is 6.09. The van der Waals surface area contributed by atoms with Gasteiger partial charge in [0.25, 0.3) is 0 Å². The first-order chi connectivity index (χ1) is 8.02. The number of hydrogen-bond donors (Lipinski definition) is 4. The molecule has 1 aliphatic rings. The van der Waals surface area contributed by atoms with E-state index in [1.165, 1.54) is 0 Å². The Bertz CT molecular complexity index is 283. The van der Waals surface area contributed by atoms with Gasteiger partial charge in [0.15, 0.2) is 0 Å². The fraction of sp³-hybridized carbons (Fsp3) is 0.818. The minimum absolute atomic E-state index is 0.0182. The summed E-state index contributed by atoms with van der Waals surface area (Å²) in [6, 6.07) is -0.643. The molecular weight excluding hydrogens is 220 g/mol. The van der Waals surface area contributed by atoms with E-state index in [-0.39, 0.29) is 17.9 Å². The molecule has 0 aliphatic heterocycles. The van der Waals surface area contributed by atoms with Crippen LogP contribution >= 0.6 is 0 Å². The van der Waals surface area contributed by atoms with E-state index >= 15 is 0 Å². The van der Waals surface area contributed by atoms with Gasteiger partial charge in [-0.1, -0.05) is 13.3 Å². The highest BCUT2D eigenvalue weighted by molar-refractivity contribution is 5.79. The number of urea groups is 1. The van der Waals surface area contributed by atoms with Crippen LogP contribution < -0.4 is 22.1 Å². The number of amides is 3. The van der Waals surface area contributed by atoms with Crippen molar-refractivity contribution in [3.63, 3.8) is 0 Å². The molecule has 98 valence electrons. The molecule has 0 heterocycles. The topological polar surface area (TPSA) is 110 Å². The summed E-state index contributed by atoms with van der Waals surface area (Å²) in [4.78, 5) is 22.3. The smallest absolute Gasteiger partial charge is 0.312 e. The first kappa shape index (κ1) is 13.8. The molecule has 0 aromatic heterocycles. The van der Waals surface area contributed by atoms with E-state index in [4.69, 9.17) is 11.5 Å². The normalized spacial score (nSPS) is 28.5. The zero-order valence-corrected chi connectivity index (χ0v) is 10.2. The number of carbonyl (C=O) groups excluding carboxylic acids is 2. The van der Waals surface area contributed by atoms with Gasteiger partial charge < -0.3 is 22.1 Å². The molecule has 0 aromatic rings. The van der Waals surface area contributed by atoms with E-state index in [2.05, 4.69) is 17.6 Å². The molecule has 17 heavy (non-hydrogen) atoms. The lowest BCUT2D eigenvalue weighted by atomic mass is 9.78. The zero-order chi connectivity index (χ0) is 12.8. The van der Waals surface area contributed by atoms with Gasteiger partial charge in [-0.15, -0.1) is 0 Å². The van der Waals surface area contributed by atoms with Crippen LogP contribution in [0.3, 0.4) is 0 Å². The highest BCUT2D eigenvalue weighted by atomic mass is 16.2. The van der Waals surface area contributed by atoms with Crippen molar-refractivity contribution in [2.45, 2.75) is 32.2 Å². The summed E-state index contributed by atoms with van der Waals surface area (Å²) in [6.45, 7) is 2.82. The third-order valence-corrected chi connectivity index (χ3v) is 3.36. The second-order valence-electron chi connectivity index (χ2n) is 4.67. The van der Waals surface area contributed by atoms with E-state index < -0.39 is 6.03 Å². The Hall–Kier alpha value is -1.30. The van der Waals surface area contributed by atoms with Crippen LogP contribution in [0.5, 0.6) is 0 Å². The number of nitrogens with one attached hydrogen (secondary N) is 2. The number of rotatable bonds is 4. The van der Waals surface area contributed by atoms with Crippen molar-refractivity contribution in [2.75, 3.05) is 13.1 Å². The van der Waals surface area contributed by atoms with Gasteiger partial charge in [-0.25, -0.2) is 4.79 Å². The second-order valence-corrected chi connectivity index (χ2v) is 4.67. The first-order valence-corrected chi connectivity index (χ1v) is 6.09. The lowest BCUT2D eigenvalue weighted by molar-refractivity contribution is -0.127. The SMILES string of the molecule is CC1CCCC(C(=O)NCCNC(N)=O)C1N. The molecule has 6 heteroatoms. The Labute approximate surface area is 101 Å². The molecule has 0 aromatic carbocycles. The maximum Gasteiger partial charge on any atom is 0.312 e. The van der Waals surface area contributed by atoms with Crippen LogP contribution in [0.25, 0.3) is 0 Å². The van der Waals surface area contributed by atoms with Crippen molar-refractivity contribution in [3.05, 3.63) is 0 Å². The maximum atomic E-state index is 11.9. The summed E-state index contributed by atoms with van der Waals surface area (Å²) in [5.74, 6) is 0.269. The molecule has 1 rings (SSSR count). The molecule has 6 N–H and O–H groups in total. The van der Waals surface area contributed by atoms with Crippen LogP contribution in [0.1, 0.15) is 26.2 Å². The minimum atomic E-state index is -0.581. The lowest BCUT2D eigenvalue weighted by Gasteiger charge is -2.32. The molecule has 1 aliphatic carbocycles. The molecule has 0 bridgehead atoms. The van der Waals surface area contributed by atoms with Gasteiger partial charge in [0.2, 0.25) is 5.91 Å². The number of nitrogens with two attached hydrogens (primary N) is 2. The minimum Gasteiger partial charge on any atom is -0.354 e. The molecule has 1 fully saturated rings. The molecule has 6 nitrogen and oxygen atoms in total. The van der Waals surface area contributed by atoms with Crippen molar-refractivity contribution >= 4 is 11.9 Å². The van der Waals surface area contributed by atoms with Crippen molar-refractivity contribution in [2.24, 2.45) is 23.3 Å². The van der Waals surface area contributed by atoms with Crippen molar-refractivity contribution in [1.82, 2.24) is 10.6 Å². The average Bonchev–Trinajstić information content (AvgIpc) is 2.27. The molecule has 3 atom stereocenters. The molecule has 0 radical (unpaired) electrons. The number of hydrogen-bond acceptors (Lipinski definition) is 3. The Morgan fingerprint density at radius 3 is 2.53 bits per heavy atom. The van der Waals surface area contributed by atoms with Gasteiger partial charge in [0.05, 0.1) is 5.92 Å². The van der Waals surface area contributed by atoms with Crippen LogP contribution in [0, 0.1) is 11.8 Å². The van der Waals surface area contributed by atoms with Crippen molar-refractivity contribution in [3.8, 4) is 0 Å². The summed E-state index contributed by atoms with van der Waals surface area (Å²) in [5, 5.41) is 5.19. The predicted molar refractivity (Wildman–Crippen MR) is 65.1 cm³/mol. The Morgan fingerprint density at radius 2 is 1.88 bits per heavy atom. The standard InChI is InChI=1S/C11H22N4O2/c1-7-3-2-4-8(9(7)12)10(16)14-5-6-15-11(13)17/h7-9H,2-6,12H2,1H3,(H,14,16)(H3,13,15,17). The van der Waals surface area contributed by atoms with Gasteiger partial charge in [0, 0.05) is 19.1 Å². The number of primary amides is 1. The molecule has 0 spiro atoms. The summed E-state index contributed by atoms with van der Waals surface area (Å²) in [7, 11) is 0. The highest BCUT2D eigenvalue weighted by Gasteiger charge is 2.32. The fourth-order valence-corrected chi connectivity index (χ4v) is 2.25. The predicted octanol–water partition coefficient (Wildman–Crippen LogP) is -0.466. The van der Waals surface area contributed by atoms with Crippen LogP contribution in [-0.4, -0.2) is 31.1 Å². The quantitative estimate of drug-likeness (QED) is 0.500. The van der Waals surface area contributed by atoms with Crippen molar-refractivity contribution in [1.29, 1.82) is 0 Å². The average molecular weight is 242 g/mol. The van der Waals surface area contributed by atoms with Crippen LogP contribution in [0.4, 0.5) is 4.79 Å². The zero-order valence-electron chi connectivity index (χ0n) is 10.2. The third-order valence-electron chi connectivity index (χ3n) is 3.36. The largest absolute Gasteiger partial charge is 0.354 e. The fourth-order valence-electron chi connectivity index (χ4n) is 2.25. The van der Waals surface area contributed by atoms with Crippen molar-refractivity contribution < 1.29 is 9.59 Å². The summed E-state index contributed by atoms with van der Waals surface area (Å²) >= 11 is 0. The molecule has 1 saturated carbocycles. The number of carbonyl (C=O) groups is 2. The lowest BCUT2D eigenvalue weighted by Crippen LogP contribution is -2.48. The summed E-state index contributed by atoms with van der Waals surface area (Å²) < 4.78 is 0. The van der Waals surface area contributed by atoms with Gasteiger partial charge in [-0.3, -0.25) is 4.79 Å². The Kier molecular flexibility index (Phi) is 5.21. The second kappa shape index (κ2) is 6.44. The van der Waals surface area contributed by atoms with Crippen LogP contribution in [0.2, 0.25) is 0 Å². The van der Waals surface area contributed by atoms with Gasteiger partial charge >= 0.3 is 6.03 Å². The van der Waals surface area contributed by atoms with E-state index in [0.717, 1.165) is 19.3 Å². The summed E-state index contributed by atoms with van der Waals surface area (Å²) in [6.07, 6.45) is 2.99. The third kappa shape index (κ3) is 4.22. The van der Waals surface area contributed by atoms with Crippen LogP contribution in [-0.2, 0) is 4.79 Å².